The van der Waals surface area contributed by atoms with Gasteiger partial charge < -0.3 is 15.0 Å². The van der Waals surface area contributed by atoms with E-state index in [9.17, 15) is 4.79 Å². The van der Waals surface area contributed by atoms with Crippen molar-refractivity contribution in [3.63, 3.8) is 0 Å². The number of halogens is 1. The Labute approximate surface area is 92.8 Å². The van der Waals surface area contributed by atoms with Crippen molar-refractivity contribution in [1.82, 2.24) is 9.97 Å². The van der Waals surface area contributed by atoms with Crippen LogP contribution in [0.2, 0.25) is 0 Å². The SMILES string of the molecule is COCC(CCCl)Nc1ncc[nH]c1=O. The van der Waals surface area contributed by atoms with E-state index in [-0.39, 0.29) is 11.6 Å². The summed E-state index contributed by atoms with van der Waals surface area (Å²) in [4.78, 5) is 17.8. The predicted molar refractivity (Wildman–Crippen MR) is 59.5 cm³/mol. The predicted octanol–water partition coefficient (Wildman–Crippen LogP) is 0.826. The molecule has 0 radical (unpaired) electrons. The van der Waals surface area contributed by atoms with Gasteiger partial charge in [0.2, 0.25) is 0 Å². The molecule has 0 aliphatic heterocycles. The third-order valence-electron chi connectivity index (χ3n) is 1.87. The Hall–Kier alpha value is -1.07. The van der Waals surface area contributed by atoms with Gasteiger partial charge in [0.1, 0.15) is 0 Å². The molecule has 0 aliphatic carbocycles. The summed E-state index contributed by atoms with van der Waals surface area (Å²) in [6.45, 7) is 0.489. The molecule has 2 N–H and O–H groups in total. The second-order valence-corrected chi connectivity index (χ2v) is 3.42. The zero-order valence-corrected chi connectivity index (χ0v) is 9.25. The summed E-state index contributed by atoms with van der Waals surface area (Å²) in [7, 11) is 1.60. The molecule has 0 bridgehead atoms. The van der Waals surface area contributed by atoms with E-state index in [1.807, 2.05) is 0 Å². The molecular formula is C9H14ClN3O2. The highest BCUT2D eigenvalue weighted by atomic mass is 35.5. The molecule has 0 amide bonds. The first-order chi connectivity index (χ1) is 7.27. The van der Waals surface area contributed by atoms with Gasteiger partial charge in [0.05, 0.1) is 12.6 Å². The van der Waals surface area contributed by atoms with Crippen LogP contribution in [0.1, 0.15) is 6.42 Å². The van der Waals surface area contributed by atoms with Crippen LogP contribution in [0.5, 0.6) is 0 Å². The summed E-state index contributed by atoms with van der Waals surface area (Å²) in [5, 5.41) is 2.98. The molecular weight excluding hydrogens is 218 g/mol. The molecule has 84 valence electrons. The Morgan fingerprint density at radius 2 is 2.53 bits per heavy atom. The van der Waals surface area contributed by atoms with Gasteiger partial charge in [-0.2, -0.15) is 0 Å². The van der Waals surface area contributed by atoms with E-state index in [1.54, 1.807) is 7.11 Å². The van der Waals surface area contributed by atoms with Crippen LogP contribution in [0.25, 0.3) is 0 Å². The normalized spacial score (nSPS) is 12.4. The van der Waals surface area contributed by atoms with Crippen LogP contribution in [0, 0.1) is 0 Å². The zero-order chi connectivity index (χ0) is 11.1. The number of H-pyrrole nitrogens is 1. The number of anilines is 1. The van der Waals surface area contributed by atoms with Gasteiger partial charge in [-0.3, -0.25) is 4.79 Å². The van der Waals surface area contributed by atoms with Gasteiger partial charge in [-0.05, 0) is 6.42 Å². The Balaban J connectivity index is 2.65. The minimum absolute atomic E-state index is 0.00324. The summed E-state index contributed by atoms with van der Waals surface area (Å²) < 4.78 is 5.01. The summed E-state index contributed by atoms with van der Waals surface area (Å²) in [6.07, 6.45) is 3.72. The Morgan fingerprint density at radius 3 is 3.13 bits per heavy atom. The van der Waals surface area contributed by atoms with Crippen molar-refractivity contribution in [2.75, 3.05) is 24.9 Å². The number of rotatable bonds is 6. The molecule has 1 unspecified atom stereocenters. The lowest BCUT2D eigenvalue weighted by molar-refractivity contribution is 0.184. The first kappa shape index (κ1) is 12.0. The zero-order valence-electron chi connectivity index (χ0n) is 8.50. The van der Waals surface area contributed by atoms with Crippen molar-refractivity contribution in [1.29, 1.82) is 0 Å². The fourth-order valence-electron chi connectivity index (χ4n) is 1.18. The first-order valence-corrected chi connectivity index (χ1v) is 5.16. The average molecular weight is 232 g/mol. The number of aromatic nitrogens is 2. The highest BCUT2D eigenvalue weighted by Gasteiger charge is 2.09. The van der Waals surface area contributed by atoms with Gasteiger partial charge in [0.15, 0.2) is 5.82 Å². The molecule has 0 saturated carbocycles. The molecule has 6 heteroatoms. The molecule has 0 saturated heterocycles. The first-order valence-electron chi connectivity index (χ1n) is 4.63. The molecule has 1 aromatic heterocycles. The van der Waals surface area contributed by atoms with E-state index in [0.717, 1.165) is 0 Å². The number of alkyl halides is 1. The van der Waals surface area contributed by atoms with E-state index in [1.165, 1.54) is 12.4 Å². The van der Waals surface area contributed by atoms with Crippen LogP contribution in [0.3, 0.4) is 0 Å². The van der Waals surface area contributed by atoms with Crippen molar-refractivity contribution >= 4 is 17.4 Å². The summed E-state index contributed by atoms with van der Waals surface area (Å²) >= 11 is 5.64. The van der Waals surface area contributed by atoms with Crippen LogP contribution in [-0.4, -0.2) is 35.6 Å². The fraction of sp³-hybridized carbons (Fsp3) is 0.556. The number of hydrogen-bond donors (Lipinski definition) is 2. The second-order valence-electron chi connectivity index (χ2n) is 3.04. The monoisotopic (exact) mass is 231 g/mol. The van der Waals surface area contributed by atoms with Gasteiger partial charge in [-0.25, -0.2) is 4.98 Å². The highest BCUT2D eigenvalue weighted by Crippen LogP contribution is 2.02. The van der Waals surface area contributed by atoms with E-state index in [2.05, 4.69) is 15.3 Å². The van der Waals surface area contributed by atoms with Gasteiger partial charge >= 0.3 is 0 Å². The number of aromatic amines is 1. The van der Waals surface area contributed by atoms with Crippen LogP contribution >= 0.6 is 11.6 Å². The lowest BCUT2D eigenvalue weighted by Crippen LogP contribution is -2.29. The number of nitrogens with one attached hydrogen (secondary N) is 2. The highest BCUT2D eigenvalue weighted by molar-refractivity contribution is 6.17. The van der Waals surface area contributed by atoms with Crippen molar-refractivity contribution < 1.29 is 4.74 Å². The summed E-state index contributed by atoms with van der Waals surface area (Å²) in [6, 6.07) is 0.00324. The Kier molecular flexibility index (Phi) is 5.14. The molecule has 15 heavy (non-hydrogen) atoms. The van der Waals surface area contributed by atoms with Crippen LogP contribution < -0.4 is 10.9 Å². The number of methoxy groups -OCH3 is 1. The third kappa shape index (κ3) is 3.89. The topological polar surface area (TPSA) is 67.0 Å². The van der Waals surface area contributed by atoms with Gasteiger partial charge in [0.25, 0.3) is 5.56 Å². The number of ether oxygens (including phenoxy) is 1. The molecule has 5 nitrogen and oxygen atoms in total. The minimum Gasteiger partial charge on any atom is -0.383 e. The molecule has 1 atom stereocenters. The standard InChI is InChI=1S/C9H14ClN3O2/c1-15-6-7(2-3-10)13-8-9(14)12-5-4-11-8/h4-5,7H,2-3,6H2,1H3,(H,11,13)(H,12,14). The van der Waals surface area contributed by atoms with Crippen LogP contribution in [0.15, 0.2) is 17.2 Å². The molecule has 0 aliphatic rings. The molecule has 1 rings (SSSR count). The third-order valence-corrected chi connectivity index (χ3v) is 2.09. The van der Waals surface area contributed by atoms with Gasteiger partial charge in [0, 0.05) is 25.4 Å². The smallest absolute Gasteiger partial charge is 0.290 e. The van der Waals surface area contributed by atoms with E-state index < -0.39 is 0 Å². The molecule has 1 aromatic rings. The van der Waals surface area contributed by atoms with Gasteiger partial charge in [-0.15, -0.1) is 11.6 Å². The summed E-state index contributed by atoms with van der Waals surface area (Å²) in [5.74, 6) is 0.802. The fourth-order valence-corrected chi connectivity index (χ4v) is 1.44. The van der Waals surface area contributed by atoms with Crippen molar-refractivity contribution in [2.24, 2.45) is 0 Å². The molecule has 0 spiro atoms. The second kappa shape index (κ2) is 6.42. The van der Waals surface area contributed by atoms with E-state index in [4.69, 9.17) is 16.3 Å². The quantitative estimate of drug-likeness (QED) is 0.712. The Morgan fingerprint density at radius 1 is 1.73 bits per heavy atom. The lowest BCUT2D eigenvalue weighted by atomic mass is 10.2. The Bertz CT molecular complexity index is 336. The van der Waals surface area contributed by atoms with Crippen molar-refractivity contribution in [3.05, 3.63) is 22.7 Å². The van der Waals surface area contributed by atoms with Crippen molar-refractivity contribution in [2.45, 2.75) is 12.5 Å². The van der Waals surface area contributed by atoms with Crippen LogP contribution in [-0.2, 0) is 4.74 Å². The maximum Gasteiger partial charge on any atom is 0.290 e. The van der Waals surface area contributed by atoms with E-state index in [0.29, 0.717) is 24.7 Å². The largest absolute Gasteiger partial charge is 0.383 e. The summed E-state index contributed by atoms with van der Waals surface area (Å²) in [5.41, 5.74) is -0.242. The van der Waals surface area contributed by atoms with Crippen molar-refractivity contribution in [3.8, 4) is 0 Å². The molecule has 0 aromatic carbocycles. The maximum absolute atomic E-state index is 11.3. The van der Waals surface area contributed by atoms with E-state index >= 15 is 0 Å². The lowest BCUT2D eigenvalue weighted by Gasteiger charge is -2.16. The number of nitrogens with zero attached hydrogens (tertiary/aromatic N) is 1. The number of hydrogen-bond acceptors (Lipinski definition) is 4. The van der Waals surface area contributed by atoms with Gasteiger partial charge in [-0.1, -0.05) is 0 Å². The molecule has 1 heterocycles. The minimum atomic E-state index is -0.242. The maximum atomic E-state index is 11.3. The average Bonchev–Trinajstić information content (AvgIpc) is 2.22. The van der Waals surface area contributed by atoms with Crippen LogP contribution in [0.4, 0.5) is 5.82 Å². The molecule has 0 fully saturated rings.